The van der Waals surface area contributed by atoms with Crippen molar-refractivity contribution in [2.75, 3.05) is 40.8 Å². The lowest BCUT2D eigenvalue weighted by Gasteiger charge is -2.26. The molecule has 122 valence electrons. The van der Waals surface area contributed by atoms with Crippen molar-refractivity contribution in [2.24, 2.45) is 5.92 Å². The van der Waals surface area contributed by atoms with Gasteiger partial charge in [-0.15, -0.1) is 0 Å². The minimum absolute atomic E-state index is 0.0578. The molecular formula is C17H26N2O3. The topological polar surface area (TPSA) is 49.9 Å². The summed E-state index contributed by atoms with van der Waals surface area (Å²) in [5.41, 5.74) is 1.75. The Morgan fingerprint density at radius 3 is 2.23 bits per heavy atom. The maximum atomic E-state index is 12.7. The number of methoxy groups -OCH3 is 1. The van der Waals surface area contributed by atoms with E-state index in [-0.39, 0.29) is 17.8 Å². The van der Waals surface area contributed by atoms with Gasteiger partial charge in [0, 0.05) is 25.2 Å². The van der Waals surface area contributed by atoms with Crippen molar-refractivity contribution in [2.45, 2.75) is 13.8 Å². The van der Waals surface area contributed by atoms with Crippen LogP contribution in [0.5, 0.6) is 0 Å². The van der Waals surface area contributed by atoms with Gasteiger partial charge in [-0.2, -0.15) is 0 Å². The van der Waals surface area contributed by atoms with E-state index < -0.39 is 0 Å². The molecule has 0 heterocycles. The molecule has 1 amide bonds. The van der Waals surface area contributed by atoms with E-state index in [1.165, 1.54) is 7.11 Å². The molecule has 0 aliphatic carbocycles. The van der Waals surface area contributed by atoms with E-state index in [1.807, 2.05) is 50.2 Å². The molecule has 0 aliphatic heterocycles. The molecular weight excluding hydrogens is 280 g/mol. The Balaban J connectivity index is 2.85. The molecule has 1 unspecified atom stereocenters. The lowest BCUT2D eigenvalue weighted by molar-refractivity contribution is -0.145. The Kier molecular flexibility index (Phi) is 7.05. The monoisotopic (exact) mass is 306 g/mol. The minimum atomic E-state index is -0.346. The van der Waals surface area contributed by atoms with E-state index in [0.29, 0.717) is 18.7 Å². The molecule has 0 aliphatic rings. The number of carbonyl (C=O) groups is 2. The number of rotatable bonds is 7. The molecule has 0 fully saturated rings. The van der Waals surface area contributed by atoms with Crippen molar-refractivity contribution in [3.8, 4) is 0 Å². The van der Waals surface area contributed by atoms with Crippen LogP contribution in [0.1, 0.15) is 22.8 Å². The SMILES string of the molecule is COC(=O)C(C)CN(CCN(C)C)C(=O)c1ccc(C)cc1. The van der Waals surface area contributed by atoms with E-state index in [0.717, 1.165) is 12.1 Å². The van der Waals surface area contributed by atoms with Gasteiger partial charge in [-0.1, -0.05) is 24.6 Å². The van der Waals surface area contributed by atoms with Crippen molar-refractivity contribution >= 4 is 11.9 Å². The molecule has 1 rings (SSSR count). The molecule has 5 heteroatoms. The number of hydrogen-bond acceptors (Lipinski definition) is 4. The lowest BCUT2D eigenvalue weighted by atomic mass is 10.1. The van der Waals surface area contributed by atoms with Gasteiger partial charge in [0.15, 0.2) is 0 Å². The molecule has 0 spiro atoms. The second-order valence-electron chi connectivity index (χ2n) is 5.84. The first-order valence-corrected chi connectivity index (χ1v) is 7.43. The fraction of sp³-hybridized carbons (Fsp3) is 0.529. The number of hydrogen-bond donors (Lipinski definition) is 0. The highest BCUT2D eigenvalue weighted by molar-refractivity contribution is 5.94. The summed E-state index contributed by atoms with van der Waals surface area (Å²) in [6, 6.07) is 7.48. The van der Waals surface area contributed by atoms with Crippen LogP contribution in [-0.2, 0) is 9.53 Å². The van der Waals surface area contributed by atoms with Crippen molar-refractivity contribution in [1.29, 1.82) is 0 Å². The van der Waals surface area contributed by atoms with Gasteiger partial charge in [-0.05, 0) is 33.2 Å². The van der Waals surface area contributed by atoms with E-state index >= 15 is 0 Å². The van der Waals surface area contributed by atoms with Gasteiger partial charge in [0.1, 0.15) is 0 Å². The van der Waals surface area contributed by atoms with Crippen LogP contribution in [0.25, 0.3) is 0 Å². The Hall–Kier alpha value is -1.88. The molecule has 0 N–H and O–H groups in total. The third-order valence-electron chi connectivity index (χ3n) is 3.50. The molecule has 22 heavy (non-hydrogen) atoms. The summed E-state index contributed by atoms with van der Waals surface area (Å²) in [7, 11) is 5.28. The molecule has 0 saturated heterocycles. The van der Waals surface area contributed by atoms with Crippen LogP contribution >= 0.6 is 0 Å². The molecule has 5 nitrogen and oxygen atoms in total. The molecule has 1 aromatic carbocycles. The maximum Gasteiger partial charge on any atom is 0.310 e. The highest BCUT2D eigenvalue weighted by Gasteiger charge is 2.22. The number of aryl methyl sites for hydroxylation is 1. The van der Waals surface area contributed by atoms with E-state index in [9.17, 15) is 9.59 Å². The van der Waals surface area contributed by atoms with Gasteiger partial charge in [-0.25, -0.2) is 0 Å². The molecule has 0 aromatic heterocycles. The molecule has 0 radical (unpaired) electrons. The minimum Gasteiger partial charge on any atom is -0.469 e. The van der Waals surface area contributed by atoms with Crippen LogP contribution in [0.3, 0.4) is 0 Å². The number of likely N-dealkylation sites (N-methyl/N-ethyl adjacent to an activating group) is 1. The predicted octanol–water partition coefficient (Wildman–Crippen LogP) is 1.81. The molecule has 0 saturated carbocycles. The average molecular weight is 306 g/mol. The van der Waals surface area contributed by atoms with E-state index in [1.54, 1.807) is 11.8 Å². The number of nitrogens with zero attached hydrogens (tertiary/aromatic N) is 2. The largest absolute Gasteiger partial charge is 0.469 e. The van der Waals surface area contributed by atoms with Crippen molar-refractivity contribution in [3.05, 3.63) is 35.4 Å². The van der Waals surface area contributed by atoms with Crippen LogP contribution < -0.4 is 0 Å². The first kappa shape index (κ1) is 18.2. The normalized spacial score (nSPS) is 12.1. The van der Waals surface area contributed by atoms with Crippen LogP contribution in [0.15, 0.2) is 24.3 Å². The lowest BCUT2D eigenvalue weighted by Crippen LogP contribution is -2.41. The van der Waals surface area contributed by atoms with Gasteiger partial charge in [0.05, 0.1) is 13.0 Å². The van der Waals surface area contributed by atoms with Gasteiger partial charge >= 0.3 is 5.97 Å². The zero-order valence-electron chi connectivity index (χ0n) is 14.1. The fourth-order valence-electron chi connectivity index (χ4n) is 2.08. The number of carbonyl (C=O) groups excluding carboxylic acids is 2. The third-order valence-corrected chi connectivity index (χ3v) is 3.50. The highest BCUT2D eigenvalue weighted by atomic mass is 16.5. The summed E-state index contributed by atoms with van der Waals surface area (Å²) in [5.74, 6) is -0.703. The summed E-state index contributed by atoms with van der Waals surface area (Å²) in [5, 5.41) is 0. The summed E-state index contributed by atoms with van der Waals surface area (Å²) in [4.78, 5) is 28.0. The predicted molar refractivity (Wildman–Crippen MR) is 86.8 cm³/mol. The van der Waals surface area contributed by atoms with E-state index in [2.05, 4.69) is 0 Å². The Morgan fingerprint density at radius 1 is 1.14 bits per heavy atom. The van der Waals surface area contributed by atoms with Crippen LogP contribution in [0.4, 0.5) is 0 Å². The number of benzene rings is 1. The van der Waals surface area contributed by atoms with Crippen molar-refractivity contribution < 1.29 is 14.3 Å². The van der Waals surface area contributed by atoms with Crippen LogP contribution in [-0.4, -0.2) is 62.5 Å². The van der Waals surface area contributed by atoms with Gasteiger partial charge in [0.25, 0.3) is 5.91 Å². The third kappa shape index (κ3) is 5.48. The molecule has 1 atom stereocenters. The highest BCUT2D eigenvalue weighted by Crippen LogP contribution is 2.10. The van der Waals surface area contributed by atoms with Crippen molar-refractivity contribution in [1.82, 2.24) is 9.80 Å². The zero-order valence-corrected chi connectivity index (χ0v) is 14.1. The quantitative estimate of drug-likeness (QED) is 0.721. The first-order chi connectivity index (χ1) is 10.3. The second kappa shape index (κ2) is 8.54. The molecule has 1 aromatic rings. The Morgan fingerprint density at radius 2 is 1.73 bits per heavy atom. The first-order valence-electron chi connectivity index (χ1n) is 7.43. The summed E-state index contributed by atoms with van der Waals surface area (Å²) in [6.45, 7) is 5.42. The Bertz CT molecular complexity index is 497. The van der Waals surface area contributed by atoms with Crippen molar-refractivity contribution in [3.63, 3.8) is 0 Å². The number of esters is 1. The summed E-state index contributed by atoms with van der Waals surface area (Å²) < 4.78 is 4.75. The smallest absolute Gasteiger partial charge is 0.310 e. The van der Waals surface area contributed by atoms with Gasteiger partial charge in [0.2, 0.25) is 0 Å². The second-order valence-corrected chi connectivity index (χ2v) is 5.84. The van der Waals surface area contributed by atoms with E-state index in [4.69, 9.17) is 4.74 Å². The summed E-state index contributed by atoms with van der Waals surface area (Å²) in [6.07, 6.45) is 0. The van der Waals surface area contributed by atoms with Crippen LogP contribution in [0, 0.1) is 12.8 Å². The number of amides is 1. The van der Waals surface area contributed by atoms with Gasteiger partial charge in [-0.3, -0.25) is 9.59 Å². The van der Waals surface area contributed by atoms with Gasteiger partial charge < -0.3 is 14.5 Å². The average Bonchev–Trinajstić information content (AvgIpc) is 2.50. The Labute approximate surface area is 132 Å². The van der Waals surface area contributed by atoms with Crippen LogP contribution in [0.2, 0.25) is 0 Å². The molecule has 0 bridgehead atoms. The fourth-order valence-corrected chi connectivity index (χ4v) is 2.08. The number of ether oxygens (including phenoxy) is 1. The zero-order chi connectivity index (χ0) is 16.7. The standard InChI is InChI=1S/C17H26N2O3/c1-13-6-8-15(9-7-13)16(20)19(11-10-18(3)4)12-14(2)17(21)22-5/h6-9,14H,10-12H2,1-5H3. The maximum absolute atomic E-state index is 12.7. The summed E-state index contributed by atoms with van der Waals surface area (Å²) >= 11 is 0.